The molecule has 76 valence electrons. The average molecular weight is 212 g/mol. The summed E-state index contributed by atoms with van der Waals surface area (Å²) in [6.07, 6.45) is 0. The summed E-state index contributed by atoms with van der Waals surface area (Å²) < 4.78 is 34.6. The van der Waals surface area contributed by atoms with Crippen molar-refractivity contribution >= 4 is 24.5 Å². The van der Waals surface area contributed by atoms with Crippen LogP contribution in [0.1, 0.15) is 0 Å². The van der Waals surface area contributed by atoms with Crippen molar-refractivity contribution in [2.24, 2.45) is 0 Å². The van der Waals surface area contributed by atoms with E-state index in [0.717, 1.165) is 18.2 Å². The van der Waals surface area contributed by atoms with E-state index in [4.69, 9.17) is 0 Å². The fraction of sp³-hybridized carbons (Fsp3) is 0. The molecule has 0 atom stereocenters. The van der Waals surface area contributed by atoms with Gasteiger partial charge in [-0.05, 0) is 18.2 Å². The van der Waals surface area contributed by atoms with Gasteiger partial charge in [0.1, 0.15) is 11.6 Å². The molecule has 0 spiro atoms. The summed E-state index contributed by atoms with van der Waals surface area (Å²) in [6.45, 7) is 0. The molecule has 2 rings (SSSR count). The lowest BCUT2D eigenvalue weighted by atomic mass is 9.79. The van der Waals surface area contributed by atoms with Gasteiger partial charge in [-0.25, -0.2) is 18.4 Å². The van der Waals surface area contributed by atoms with Crippen LogP contribution < -0.4 is 5.46 Å². The third-order valence-corrected chi connectivity index (χ3v) is 1.81. The maximum absolute atomic E-state index is 13.1. The van der Waals surface area contributed by atoms with E-state index in [2.05, 4.69) is 9.31 Å². The quantitative estimate of drug-likeness (QED) is 0.476. The topological polar surface area (TPSA) is 52.6 Å². The van der Waals surface area contributed by atoms with Gasteiger partial charge in [0, 0.05) is 0 Å². The van der Waals surface area contributed by atoms with Crippen LogP contribution in [0, 0.1) is 11.6 Å². The minimum absolute atomic E-state index is 0.325. The summed E-state index contributed by atoms with van der Waals surface area (Å²) in [4.78, 5) is 21.3. The van der Waals surface area contributed by atoms with Crippen LogP contribution in [0.25, 0.3) is 0 Å². The third-order valence-electron chi connectivity index (χ3n) is 1.81. The van der Waals surface area contributed by atoms with E-state index in [1.54, 1.807) is 0 Å². The molecule has 1 aliphatic heterocycles. The van der Waals surface area contributed by atoms with Gasteiger partial charge in [-0.2, -0.15) is 0 Å². The average Bonchev–Trinajstić information content (AvgIpc) is 2.51. The summed E-state index contributed by atoms with van der Waals surface area (Å²) in [5.74, 6) is -3.97. The second kappa shape index (κ2) is 3.34. The monoisotopic (exact) mass is 212 g/mol. The summed E-state index contributed by atoms with van der Waals surface area (Å²) in [5.41, 5.74) is -0.325. The summed E-state index contributed by atoms with van der Waals surface area (Å²) >= 11 is 0. The first-order chi connectivity index (χ1) is 7.08. The Bertz CT molecular complexity index is 432. The lowest BCUT2D eigenvalue weighted by molar-refractivity contribution is -0.150. The van der Waals surface area contributed by atoms with Crippen molar-refractivity contribution in [1.82, 2.24) is 0 Å². The Kier molecular flexibility index (Phi) is 2.14. The van der Waals surface area contributed by atoms with Crippen LogP contribution in [-0.4, -0.2) is 19.1 Å². The predicted molar refractivity (Wildman–Crippen MR) is 43.9 cm³/mol. The van der Waals surface area contributed by atoms with Crippen molar-refractivity contribution in [3.8, 4) is 0 Å². The molecular weight excluding hydrogens is 209 g/mol. The highest BCUT2D eigenvalue weighted by Crippen LogP contribution is 2.07. The Morgan fingerprint density at radius 2 is 1.67 bits per heavy atom. The fourth-order valence-corrected chi connectivity index (χ4v) is 1.14. The molecule has 1 saturated heterocycles. The molecule has 0 bridgehead atoms. The molecule has 0 aromatic heterocycles. The highest BCUT2D eigenvalue weighted by atomic mass is 19.1. The van der Waals surface area contributed by atoms with Crippen molar-refractivity contribution in [2.75, 3.05) is 0 Å². The molecule has 4 nitrogen and oxygen atoms in total. The number of carbonyl (C=O) groups excluding carboxylic acids is 2. The number of benzene rings is 1. The first-order valence-corrected chi connectivity index (χ1v) is 3.94. The highest BCUT2D eigenvalue weighted by Gasteiger charge is 2.43. The molecule has 0 radical (unpaired) electrons. The van der Waals surface area contributed by atoms with E-state index in [1.165, 1.54) is 0 Å². The number of rotatable bonds is 1. The smallest absolute Gasteiger partial charge is 0.487 e. The normalized spacial score (nSPS) is 15.2. The Morgan fingerprint density at radius 3 is 2.27 bits per heavy atom. The fourth-order valence-electron chi connectivity index (χ4n) is 1.14. The van der Waals surface area contributed by atoms with E-state index < -0.39 is 30.7 Å². The SMILES string of the molecule is O=C1OB(c2cc(F)ccc2F)OC1=O. The van der Waals surface area contributed by atoms with Crippen LogP contribution in [0.4, 0.5) is 8.78 Å². The van der Waals surface area contributed by atoms with Crippen molar-refractivity contribution < 1.29 is 27.7 Å². The van der Waals surface area contributed by atoms with Crippen molar-refractivity contribution in [2.45, 2.75) is 0 Å². The molecule has 0 N–H and O–H groups in total. The van der Waals surface area contributed by atoms with Crippen molar-refractivity contribution in [1.29, 1.82) is 0 Å². The number of halogens is 2. The minimum Gasteiger partial charge on any atom is -0.487 e. The molecular formula is C8H3BF2O4. The maximum Gasteiger partial charge on any atom is 0.640 e. The Morgan fingerprint density at radius 1 is 1.07 bits per heavy atom. The lowest BCUT2D eigenvalue weighted by Gasteiger charge is -2.03. The summed E-state index contributed by atoms with van der Waals surface area (Å²) in [6, 6.07) is 2.55. The van der Waals surface area contributed by atoms with Gasteiger partial charge in [-0.15, -0.1) is 0 Å². The molecule has 15 heavy (non-hydrogen) atoms. The van der Waals surface area contributed by atoms with Crippen LogP contribution in [0.3, 0.4) is 0 Å². The zero-order chi connectivity index (χ0) is 11.0. The van der Waals surface area contributed by atoms with Gasteiger partial charge in [0.25, 0.3) is 0 Å². The van der Waals surface area contributed by atoms with E-state index >= 15 is 0 Å². The van der Waals surface area contributed by atoms with Gasteiger partial charge in [0.05, 0.1) is 5.46 Å². The number of hydrogen-bond donors (Lipinski definition) is 0. The van der Waals surface area contributed by atoms with Gasteiger partial charge in [0.15, 0.2) is 0 Å². The van der Waals surface area contributed by atoms with Gasteiger partial charge in [-0.3, -0.25) is 0 Å². The molecule has 0 unspecified atom stereocenters. The maximum atomic E-state index is 13.1. The first kappa shape index (κ1) is 9.63. The van der Waals surface area contributed by atoms with Crippen molar-refractivity contribution in [3.63, 3.8) is 0 Å². The third kappa shape index (κ3) is 1.68. The molecule has 1 aliphatic rings. The van der Waals surface area contributed by atoms with Gasteiger partial charge >= 0.3 is 19.1 Å². The van der Waals surface area contributed by atoms with Crippen LogP contribution in [0.5, 0.6) is 0 Å². The minimum atomic E-state index is -1.50. The van der Waals surface area contributed by atoms with Crippen LogP contribution in [0.15, 0.2) is 18.2 Å². The second-order valence-electron chi connectivity index (χ2n) is 2.81. The summed E-state index contributed by atoms with van der Waals surface area (Å²) in [7, 11) is -1.50. The molecule has 0 saturated carbocycles. The predicted octanol–water partition coefficient (Wildman–Crippen LogP) is -0.240. The Hall–Kier alpha value is -1.92. The molecule has 0 aliphatic carbocycles. The largest absolute Gasteiger partial charge is 0.640 e. The zero-order valence-electron chi connectivity index (χ0n) is 7.20. The van der Waals surface area contributed by atoms with Crippen LogP contribution >= 0.6 is 0 Å². The van der Waals surface area contributed by atoms with Crippen molar-refractivity contribution in [3.05, 3.63) is 29.8 Å². The Labute approximate surface area is 82.9 Å². The molecule has 7 heteroatoms. The molecule has 1 heterocycles. The summed E-state index contributed by atoms with van der Waals surface area (Å²) in [5, 5.41) is 0. The lowest BCUT2D eigenvalue weighted by Crippen LogP contribution is -2.35. The van der Waals surface area contributed by atoms with Crippen LogP contribution in [-0.2, 0) is 18.9 Å². The zero-order valence-corrected chi connectivity index (χ0v) is 7.20. The molecule has 1 aromatic carbocycles. The molecule has 1 aromatic rings. The highest BCUT2D eigenvalue weighted by molar-refractivity contribution is 6.71. The first-order valence-electron chi connectivity index (χ1n) is 3.94. The molecule has 0 amide bonds. The molecule has 1 fully saturated rings. The second-order valence-corrected chi connectivity index (χ2v) is 2.81. The number of hydrogen-bond acceptors (Lipinski definition) is 4. The van der Waals surface area contributed by atoms with Crippen LogP contribution in [0.2, 0.25) is 0 Å². The van der Waals surface area contributed by atoms with E-state index in [1.807, 2.05) is 0 Å². The van der Waals surface area contributed by atoms with Gasteiger partial charge < -0.3 is 9.31 Å². The van der Waals surface area contributed by atoms with E-state index in [-0.39, 0.29) is 5.46 Å². The standard InChI is InChI=1S/C8H3BF2O4/c10-4-1-2-6(11)5(3-4)9-14-7(12)8(13)15-9/h1-3H. The Balaban J connectivity index is 2.34. The van der Waals surface area contributed by atoms with Gasteiger partial charge in [0.2, 0.25) is 0 Å². The van der Waals surface area contributed by atoms with E-state index in [0.29, 0.717) is 0 Å². The number of carbonyl (C=O) groups is 2. The van der Waals surface area contributed by atoms with Gasteiger partial charge in [-0.1, -0.05) is 0 Å². The van der Waals surface area contributed by atoms with E-state index in [9.17, 15) is 18.4 Å².